The monoisotopic (exact) mass is 362 g/mol. The van der Waals surface area contributed by atoms with Crippen molar-refractivity contribution in [2.45, 2.75) is 24.1 Å². The van der Waals surface area contributed by atoms with E-state index in [-0.39, 0.29) is 16.2 Å². The highest BCUT2D eigenvalue weighted by atomic mass is 32.2. The standard InChI is InChI=1S/C17H18N2O3S2/c1-11-6-7-12(2)15(8-11)24(21,22)19-14-5-3-4-13(9-14)17-18-16(20)10-23-17/h3-9,17,19H,10H2,1-2H3,(H,18,20)/t17-/m1/s1. The largest absolute Gasteiger partial charge is 0.339 e. The number of thioether (sulfide) groups is 1. The van der Waals surface area contributed by atoms with E-state index in [9.17, 15) is 13.2 Å². The van der Waals surface area contributed by atoms with Gasteiger partial charge in [0, 0.05) is 5.69 Å². The molecule has 5 nitrogen and oxygen atoms in total. The van der Waals surface area contributed by atoms with Crippen molar-refractivity contribution in [3.05, 3.63) is 59.2 Å². The lowest BCUT2D eigenvalue weighted by Gasteiger charge is -2.14. The Hall–Kier alpha value is -1.99. The van der Waals surface area contributed by atoms with E-state index >= 15 is 0 Å². The molecule has 1 heterocycles. The van der Waals surface area contributed by atoms with Crippen LogP contribution in [0.5, 0.6) is 0 Å². The van der Waals surface area contributed by atoms with Gasteiger partial charge in [-0.3, -0.25) is 9.52 Å². The van der Waals surface area contributed by atoms with Crippen LogP contribution in [0.2, 0.25) is 0 Å². The number of hydrogen-bond acceptors (Lipinski definition) is 4. The summed E-state index contributed by atoms with van der Waals surface area (Å²) < 4.78 is 28.0. The molecular weight excluding hydrogens is 344 g/mol. The molecule has 1 amide bonds. The average Bonchev–Trinajstić information content (AvgIpc) is 2.96. The van der Waals surface area contributed by atoms with E-state index in [0.717, 1.165) is 11.1 Å². The topological polar surface area (TPSA) is 75.3 Å². The van der Waals surface area contributed by atoms with Gasteiger partial charge < -0.3 is 5.32 Å². The molecule has 0 radical (unpaired) electrons. The van der Waals surface area contributed by atoms with Crippen molar-refractivity contribution >= 4 is 33.4 Å². The Morgan fingerprint density at radius 2 is 1.96 bits per heavy atom. The Balaban J connectivity index is 1.88. The number of aryl methyl sites for hydroxylation is 2. The SMILES string of the molecule is Cc1ccc(C)c(S(=O)(=O)Nc2cccc([C@@H]3NC(=O)CS3)c2)c1. The molecule has 7 heteroatoms. The molecule has 24 heavy (non-hydrogen) atoms. The number of sulfonamides is 1. The summed E-state index contributed by atoms with van der Waals surface area (Å²) in [5.74, 6) is 0.412. The van der Waals surface area contributed by atoms with Gasteiger partial charge in [0.15, 0.2) is 0 Å². The third kappa shape index (κ3) is 3.57. The molecule has 0 saturated carbocycles. The number of benzene rings is 2. The van der Waals surface area contributed by atoms with Crippen LogP contribution >= 0.6 is 11.8 Å². The van der Waals surface area contributed by atoms with E-state index in [0.29, 0.717) is 17.0 Å². The van der Waals surface area contributed by atoms with Gasteiger partial charge in [-0.2, -0.15) is 0 Å². The lowest BCUT2D eigenvalue weighted by molar-refractivity contribution is -0.118. The van der Waals surface area contributed by atoms with Crippen LogP contribution in [0.4, 0.5) is 5.69 Å². The zero-order valence-electron chi connectivity index (χ0n) is 13.4. The first-order valence-electron chi connectivity index (χ1n) is 7.46. The molecular formula is C17H18N2O3S2. The Labute approximate surface area is 145 Å². The van der Waals surface area contributed by atoms with Crippen LogP contribution in [-0.4, -0.2) is 20.1 Å². The molecule has 2 aromatic carbocycles. The molecule has 0 aliphatic carbocycles. The highest BCUT2D eigenvalue weighted by molar-refractivity contribution is 8.00. The maximum atomic E-state index is 12.7. The number of rotatable bonds is 4. The maximum absolute atomic E-state index is 12.7. The Kier molecular flexibility index (Phi) is 4.56. The number of hydrogen-bond donors (Lipinski definition) is 2. The molecule has 1 aliphatic rings. The van der Waals surface area contributed by atoms with E-state index in [1.807, 2.05) is 19.1 Å². The molecule has 2 N–H and O–H groups in total. The first-order valence-corrected chi connectivity index (χ1v) is 9.99. The third-order valence-corrected chi connectivity index (χ3v) is 6.42. The molecule has 2 aromatic rings. The van der Waals surface area contributed by atoms with Crippen LogP contribution in [0.25, 0.3) is 0 Å². The summed E-state index contributed by atoms with van der Waals surface area (Å²) >= 11 is 1.49. The van der Waals surface area contributed by atoms with Gasteiger partial charge in [0.1, 0.15) is 5.37 Å². The van der Waals surface area contributed by atoms with Gasteiger partial charge in [-0.25, -0.2) is 8.42 Å². The highest BCUT2D eigenvalue weighted by Gasteiger charge is 2.23. The number of carbonyl (C=O) groups is 1. The van der Waals surface area contributed by atoms with Crippen molar-refractivity contribution in [3.63, 3.8) is 0 Å². The third-order valence-electron chi connectivity index (χ3n) is 3.75. The van der Waals surface area contributed by atoms with Crippen molar-refractivity contribution in [1.29, 1.82) is 0 Å². The predicted molar refractivity (Wildman–Crippen MR) is 96.5 cm³/mol. The smallest absolute Gasteiger partial charge is 0.262 e. The predicted octanol–water partition coefficient (Wildman–Crippen LogP) is 2.97. The van der Waals surface area contributed by atoms with Crippen molar-refractivity contribution in [2.24, 2.45) is 0 Å². The lowest BCUT2D eigenvalue weighted by atomic mass is 10.2. The zero-order valence-corrected chi connectivity index (χ0v) is 15.0. The molecule has 0 spiro atoms. The Morgan fingerprint density at radius 3 is 2.67 bits per heavy atom. The van der Waals surface area contributed by atoms with Gasteiger partial charge >= 0.3 is 0 Å². The van der Waals surface area contributed by atoms with Crippen LogP contribution in [-0.2, 0) is 14.8 Å². The Morgan fingerprint density at radius 1 is 1.17 bits per heavy atom. The first-order chi connectivity index (χ1) is 11.3. The number of carbonyl (C=O) groups excluding carboxylic acids is 1. The molecule has 1 atom stereocenters. The quantitative estimate of drug-likeness (QED) is 0.877. The molecule has 1 saturated heterocycles. The molecule has 0 unspecified atom stereocenters. The number of nitrogens with one attached hydrogen (secondary N) is 2. The molecule has 3 rings (SSSR count). The van der Waals surface area contributed by atoms with E-state index in [1.165, 1.54) is 11.8 Å². The second-order valence-corrected chi connectivity index (χ2v) is 8.50. The summed E-state index contributed by atoms with van der Waals surface area (Å²) in [5, 5.41) is 2.72. The van der Waals surface area contributed by atoms with E-state index in [2.05, 4.69) is 10.0 Å². The van der Waals surface area contributed by atoms with Crippen molar-refractivity contribution in [1.82, 2.24) is 5.32 Å². The lowest BCUT2D eigenvalue weighted by Crippen LogP contribution is -2.19. The minimum absolute atomic E-state index is 0.00799. The van der Waals surface area contributed by atoms with Gasteiger partial charge in [0.2, 0.25) is 5.91 Å². The average molecular weight is 362 g/mol. The molecule has 1 fully saturated rings. The number of amides is 1. The van der Waals surface area contributed by atoms with Gasteiger partial charge in [-0.1, -0.05) is 24.3 Å². The zero-order chi connectivity index (χ0) is 17.3. The van der Waals surface area contributed by atoms with Gasteiger partial charge in [0.25, 0.3) is 10.0 Å². The van der Waals surface area contributed by atoms with Crippen molar-refractivity contribution < 1.29 is 13.2 Å². The molecule has 126 valence electrons. The van der Waals surface area contributed by atoms with Crippen LogP contribution in [0.3, 0.4) is 0 Å². The molecule has 0 bridgehead atoms. The van der Waals surface area contributed by atoms with E-state index < -0.39 is 10.0 Å². The summed E-state index contributed by atoms with van der Waals surface area (Å²) in [4.78, 5) is 11.6. The second kappa shape index (κ2) is 6.49. The van der Waals surface area contributed by atoms with Crippen LogP contribution in [0.15, 0.2) is 47.4 Å². The van der Waals surface area contributed by atoms with Crippen molar-refractivity contribution in [2.75, 3.05) is 10.5 Å². The summed E-state index contributed by atoms with van der Waals surface area (Å²) in [6.45, 7) is 3.63. The van der Waals surface area contributed by atoms with Crippen LogP contribution < -0.4 is 10.0 Å². The van der Waals surface area contributed by atoms with Gasteiger partial charge in [-0.15, -0.1) is 11.8 Å². The maximum Gasteiger partial charge on any atom is 0.262 e. The summed E-state index contributed by atoms with van der Waals surface area (Å²) in [7, 11) is -3.66. The molecule has 0 aromatic heterocycles. The van der Waals surface area contributed by atoms with Crippen LogP contribution in [0, 0.1) is 13.8 Å². The summed E-state index contributed by atoms with van der Waals surface area (Å²) in [6, 6.07) is 12.5. The molecule has 1 aliphatic heterocycles. The minimum atomic E-state index is -3.66. The minimum Gasteiger partial charge on any atom is -0.339 e. The highest BCUT2D eigenvalue weighted by Crippen LogP contribution is 2.32. The fourth-order valence-electron chi connectivity index (χ4n) is 2.54. The van der Waals surface area contributed by atoms with Gasteiger partial charge in [0.05, 0.1) is 10.6 Å². The van der Waals surface area contributed by atoms with Crippen LogP contribution in [0.1, 0.15) is 22.1 Å². The fourth-order valence-corrected chi connectivity index (χ4v) is 4.88. The van der Waals surface area contributed by atoms with E-state index in [4.69, 9.17) is 0 Å². The van der Waals surface area contributed by atoms with Gasteiger partial charge in [-0.05, 0) is 48.7 Å². The Bertz CT molecular complexity index is 894. The second-order valence-electron chi connectivity index (χ2n) is 5.76. The summed E-state index contributed by atoms with van der Waals surface area (Å²) in [5.41, 5.74) is 2.94. The number of anilines is 1. The van der Waals surface area contributed by atoms with E-state index in [1.54, 1.807) is 37.3 Å². The fraction of sp³-hybridized carbons (Fsp3) is 0.235. The first kappa shape index (κ1) is 16.9. The normalized spacial score (nSPS) is 17.6. The summed E-state index contributed by atoms with van der Waals surface area (Å²) in [6.07, 6.45) is 0. The van der Waals surface area contributed by atoms with Crippen molar-refractivity contribution in [3.8, 4) is 0 Å².